The van der Waals surface area contributed by atoms with Crippen molar-refractivity contribution in [2.45, 2.75) is 0 Å². The number of rotatable bonds is 3. The molecule has 0 radical (unpaired) electrons. The minimum absolute atomic E-state index is 0.121. The Kier molecular flexibility index (Phi) is 3.16. The molecular formula is C16H10FN3O4. The number of nitrogens with one attached hydrogen (secondary N) is 1. The third-order valence-electron chi connectivity index (χ3n) is 3.37. The van der Waals surface area contributed by atoms with Gasteiger partial charge in [-0.2, -0.15) is 9.97 Å². The lowest BCUT2D eigenvalue weighted by atomic mass is 10.2. The first-order valence-electron chi connectivity index (χ1n) is 6.94. The van der Waals surface area contributed by atoms with Gasteiger partial charge in [-0.25, -0.2) is 9.18 Å². The Morgan fingerprint density at radius 3 is 2.33 bits per heavy atom. The molecule has 24 heavy (non-hydrogen) atoms. The van der Waals surface area contributed by atoms with Gasteiger partial charge in [0.25, 0.3) is 0 Å². The van der Waals surface area contributed by atoms with E-state index in [-0.39, 0.29) is 12.0 Å². The lowest BCUT2D eigenvalue weighted by molar-refractivity contribution is 0.0601. The van der Waals surface area contributed by atoms with Crippen LogP contribution in [0.25, 0.3) is 22.2 Å². The summed E-state index contributed by atoms with van der Waals surface area (Å²) in [6.07, 6.45) is 0. The van der Waals surface area contributed by atoms with E-state index < -0.39 is 11.8 Å². The molecule has 0 saturated carbocycles. The van der Waals surface area contributed by atoms with Crippen molar-refractivity contribution in [3.05, 3.63) is 47.8 Å². The minimum atomic E-state index is -0.463. The summed E-state index contributed by atoms with van der Waals surface area (Å²) in [7, 11) is 1.30. The summed E-state index contributed by atoms with van der Waals surface area (Å²) in [5, 5.41) is 2.77. The van der Waals surface area contributed by atoms with Gasteiger partial charge in [-0.05, 0) is 30.3 Å². The molecule has 2 heterocycles. The van der Waals surface area contributed by atoms with Crippen molar-refractivity contribution >= 4 is 40.2 Å². The van der Waals surface area contributed by atoms with Gasteiger partial charge < -0.3 is 13.6 Å². The number of methoxy groups -OCH3 is 1. The molecule has 0 spiro atoms. The van der Waals surface area contributed by atoms with E-state index in [2.05, 4.69) is 20.0 Å². The number of carbonyl (C=O) groups is 1. The zero-order valence-corrected chi connectivity index (χ0v) is 12.4. The molecule has 0 saturated heterocycles. The first kappa shape index (κ1) is 14.2. The molecule has 0 aliphatic heterocycles. The molecule has 0 aliphatic carbocycles. The summed E-state index contributed by atoms with van der Waals surface area (Å²) in [6, 6.07) is 9.03. The summed E-state index contributed by atoms with van der Waals surface area (Å²) in [4.78, 5) is 19.8. The molecule has 0 amide bonds. The fourth-order valence-electron chi connectivity index (χ4n) is 2.27. The van der Waals surface area contributed by atoms with E-state index in [0.717, 1.165) is 0 Å². The standard InChI is InChI=1S/C16H10FN3O4/c1-22-14(21)8-2-4-12-10(6-8)18-15(23-12)20-16-19-11-7-9(17)3-5-13(11)24-16/h2-7H,1H3,(H,18,19,20). The van der Waals surface area contributed by atoms with E-state index >= 15 is 0 Å². The van der Waals surface area contributed by atoms with E-state index in [1.165, 1.54) is 25.3 Å². The summed E-state index contributed by atoms with van der Waals surface area (Å²) < 4.78 is 28.8. The molecule has 4 rings (SSSR count). The number of nitrogens with zero attached hydrogens (tertiary/aromatic N) is 2. The Bertz CT molecular complexity index is 1070. The highest BCUT2D eigenvalue weighted by atomic mass is 19.1. The Balaban J connectivity index is 1.66. The van der Waals surface area contributed by atoms with Crippen LogP contribution in [0.3, 0.4) is 0 Å². The number of esters is 1. The summed E-state index contributed by atoms with van der Waals surface area (Å²) in [6.45, 7) is 0. The van der Waals surface area contributed by atoms with Crippen LogP contribution in [0.1, 0.15) is 10.4 Å². The number of ether oxygens (including phenoxy) is 1. The smallest absolute Gasteiger partial charge is 0.337 e. The fourth-order valence-corrected chi connectivity index (χ4v) is 2.27. The largest absolute Gasteiger partial charge is 0.465 e. The van der Waals surface area contributed by atoms with Crippen LogP contribution in [0.2, 0.25) is 0 Å². The molecule has 1 N–H and O–H groups in total. The van der Waals surface area contributed by atoms with E-state index in [9.17, 15) is 9.18 Å². The normalized spacial score (nSPS) is 11.1. The lowest BCUT2D eigenvalue weighted by Gasteiger charge is -1.96. The predicted octanol–water partition coefficient (Wildman–Crippen LogP) is 3.64. The second-order valence-electron chi connectivity index (χ2n) is 4.95. The molecular weight excluding hydrogens is 317 g/mol. The maximum Gasteiger partial charge on any atom is 0.337 e. The van der Waals surface area contributed by atoms with Gasteiger partial charge in [-0.15, -0.1) is 0 Å². The van der Waals surface area contributed by atoms with Crippen LogP contribution in [0.4, 0.5) is 16.4 Å². The number of hydrogen-bond donors (Lipinski definition) is 1. The maximum absolute atomic E-state index is 13.2. The molecule has 2 aromatic heterocycles. The molecule has 7 nitrogen and oxygen atoms in total. The molecule has 0 bridgehead atoms. The monoisotopic (exact) mass is 327 g/mol. The lowest BCUT2D eigenvalue weighted by Crippen LogP contribution is -2.00. The van der Waals surface area contributed by atoms with E-state index in [0.29, 0.717) is 27.8 Å². The molecule has 0 unspecified atom stereocenters. The van der Waals surface area contributed by atoms with Crippen LogP contribution >= 0.6 is 0 Å². The zero-order chi connectivity index (χ0) is 16.7. The molecule has 4 aromatic rings. The van der Waals surface area contributed by atoms with Crippen molar-refractivity contribution in [1.29, 1.82) is 0 Å². The number of anilines is 2. The highest BCUT2D eigenvalue weighted by Gasteiger charge is 2.13. The minimum Gasteiger partial charge on any atom is -0.465 e. The second-order valence-corrected chi connectivity index (χ2v) is 4.95. The number of carbonyl (C=O) groups excluding carboxylic acids is 1. The molecule has 0 atom stereocenters. The highest BCUT2D eigenvalue weighted by Crippen LogP contribution is 2.25. The quantitative estimate of drug-likeness (QED) is 0.574. The molecule has 120 valence electrons. The third kappa shape index (κ3) is 2.43. The van der Waals surface area contributed by atoms with Crippen LogP contribution in [-0.2, 0) is 4.74 Å². The third-order valence-corrected chi connectivity index (χ3v) is 3.37. The Morgan fingerprint density at radius 1 is 1.04 bits per heavy atom. The maximum atomic E-state index is 13.2. The van der Waals surface area contributed by atoms with Gasteiger partial charge in [0.05, 0.1) is 12.7 Å². The predicted molar refractivity (Wildman–Crippen MR) is 82.6 cm³/mol. The van der Waals surface area contributed by atoms with Gasteiger partial charge >= 0.3 is 18.0 Å². The molecule has 0 fully saturated rings. The molecule has 8 heteroatoms. The van der Waals surface area contributed by atoms with Crippen LogP contribution in [0.15, 0.2) is 45.2 Å². The average molecular weight is 327 g/mol. The summed E-state index contributed by atoms with van der Waals surface area (Å²) in [5.74, 6) is -0.866. The van der Waals surface area contributed by atoms with Crippen molar-refractivity contribution < 1.29 is 22.8 Å². The van der Waals surface area contributed by atoms with Gasteiger partial charge in [-0.3, -0.25) is 5.32 Å². The highest BCUT2D eigenvalue weighted by molar-refractivity contribution is 5.93. The Hall–Kier alpha value is -3.42. The van der Waals surface area contributed by atoms with Gasteiger partial charge in [0.1, 0.15) is 16.9 Å². The second kappa shape index (κ2) is 5.34. The van der Waals surface area contributed by atoms with Crippen molar-refractivity contribution in [3.8, 4) is 0 Å². The Labute approximate surface area is 134 Å². The first-order valence-corrected chi connectivity index (χ1v) is 6.94. The number of aromatic nitrogens is 2. The van der Waals surface area contributed by atoms with Crippen molar-refractivity contribution in [1.82, 2.24) is 9.97 Å². The number of hydrogen-bond acceptors (Lipinski definition) is 7. The number of benzene rings is 2. The van der Waals surface area contributed by atoms with Gasteiger partial charge in [-0.1, -0.05) is 0 Å². The number of fused-ring (bicyclic) bond motifs is 2. The fraction of sp³-hybridized carbons (Fsp3) is 0.0625. The Morgan fingerprint density at radius 2 is 1.67 bits per heavy atom. The molecule has 2 aromatic carbocycles. The molecule has 0 aliphatic rings. The van der Waals surface area contributed by atoms with E-state index in [1.807, 2.05) is 0 Å². The van der Waals surface area contributed by atoms with E-state index in [1.54, 1.807) is 18.2 Å². The number of oxazole rings is 2. The average Bonchev–Trinajstić information content (AvgIpc) is 3.15. The van der Waals surface area contributed by atoms with Crippen LogP contribution in [0, 0.1) is 5.82 Å². The first-order chi connectivity index (χ1) is 11.6. The van der Waals surface area contributed by atoms with Crippen molar-refractivity contribution in [3.63, 3.8) is 0 Å². The van der Waals surface area contributed by atoms with Crippen LogP contribution in [-0.4, -0.2) is 23.0 Å². The van der Waals surface area contributed by atoms with Gasteiger partial charge in [0, 0.05) is 6.07 Å². The zero-order valence-electron chi connectivity index (χ0n) is 12.4. The van der Waals surface area contributed by atoms with Crippen molar-refractivity contribution in [2.75, 3.05) is 12.4 Å². The van der Waals surface area contributed by atoms with Gasteiger partial charge in [0.2, 0.25) is 0 Å². The van der Waals surface area contributed by atoms with Gasteiger partial charge in [0.15, 0.2) is 11.2 Å². The van der Waals surface area contributed by atoms with E-state index in [4.69, 9.17) is 8.83 Å². The SMILES string of the molecule is COC(=O)c1ccc2oc(Nc3nc4cc(F)ccc4o3)nc2c1. The number of halogens is 1. The van der Waals surface area contributed by atoms with Crippen LogP contribution in [0.5, 0.6) is 0 Å². The van der Waals surface area contributed by atoms with Crippen molar-refractivity contribution in [2.24, 2.45) is 0 Å². The summed E-state index contributed by atoms with van der Waals surface area (Å²) in [5.41, 5.74) is 2.13. The summed E-state index contributed by atoms with van der Waals surface area (Å²) >= 11 is 0. The van der Waals surface area contributed by atoms with Crippen LogP contribution < -0.4 is 5.32 Å². The topological polar surface area (TPSA) is 90.4 Å².